The van der Waals surface area contributed by atoms with Gasteiger partial charge in [0.2, 0.25) is 5.91 Å². The Hall–Kier alpha value is -2.70. The van der Waals surface area contributed by atoms with Crippen LogP contribution < -0.4 is 0 Å². The summed E-state index contributed by atoms with van der Waals surface area (Å²) >= 11 is 0. The minimum absolute atomic E-state index is 0.0933. The highest BCUT2D eigenvalue weighted by Gasteiger charge is 2.34. The number of amides is 3. The van der Waals surface area contributed by atoms with Crippen LogP contribution in [-0.2, 0) is 14.3 Å². The predicted octanol–water partition coefficient (Wildman–Crippen LogP) is 2.11. The monoisotopic (exact) mass is 374 g/mol. The van der Waals surface area contributed by atoms with Crippen LogP contribution in [0.25, 0.3) is 0 Å². The van der Waals surface area contributed by atoms with Gasteiger partial charge in [0.05, 0.1) is 24.2 Å². The van der Waals surface area contributed by atoms with Crippen LogP contribution in [0, 0.1) is 5.92 Å². The topological polar surface area (TPSA) is 84.0 Å². The summed E-state index contributed by atoms with van der Waals surface area (Å²) in [7, 11) is 1.33. The van der Waals surface area contributed by atoms with Crippen molar-refractivity contribution >= 4 is 23.7 Å². The number of benzene rings is 1. The minimum Gasteiger partial charge on any atom is -0.469 e. The van der Waals surface area contributed by atoms with E-state index < -0.39 is 5.92 Å². The molecule has 1 aliphatic rings. The number of esters is 1. The molecule has 0 saturated heterocycles. The van der Waals surface area contributed by atoms with Crippen molar-refractivity contribution in [2.45, 2.75) is 33.1 Å². The number of imide groups is 1. The van der Waals surface area contributed by atoms with Gasteiger partial charge in [0.25, 0.3) is 11.8 Å². The van der Waals surface area contributed by atoms with Gasteiger partial charge in [-0.2, -0.15) is 0 Å². The van der Waals surface area contributed by atoms with Gasteiger partial charge in [-0.05, 0) is 25.0 Å². The lowest BCUT2D eigenvalue weighted by atomic mass is 10.1. The number of fused-ring (bicyclic) bond motifs is 1. The zero-order valence-corrected chi connectivity index (χ0v) is 16.1. The zero-order chi connectivity index (χ0) is 20.0. The largest absolute Gasteiger partial charge is 0.469 e. The van der Waals surface area contributed by atoms with Gasteiger partial charge in [0.15, 0.2) is 0 Å². The summed E-state index contributed by atoms with van der Waals surface area (Å²) < 4.78 is 4.72. The summed E-state index contributed by atoms with van der Waals surface area (Å²) in [6.07, 6.45) is 1.37. The molecule has 1 unspecified atom stereocenters. The number of hydrogen-bond donors (Lipinski definition) is 0. The number of rotatable bonds is 9. The lowest BCUT2D eigenvalue weighted by Crippen LogP contribution is -2.38. The molecule has 0 spiro atoms. The molecule has 146 valence electrons. The van der Waals surface area contributed by atoms with Gasteiger partial charge in [-0.3, -0.25) is 24.1 Å². The Morgan fingerprint density at radius 3 is 2.26 bits per heavy atom. The Kier molecular flexibility index (Phi) is 7.10. The average Bonchev–Trinajstić information content (AvgIpc) is 2.91. The van der Waals surface area contributed by atoms with Crippen LogP contribution >= 0.6 is 0 Å². The van der Waals surface area contributed by atoms with Crippen LogP contribution in [0.4, 0.5) is 0 Å². The molecule has 7 heteroatoms. The predicted molar refractivity (Wildman–Crippen MR) is 99.1 cm³/mol. The molecular weight excluding hydrogens is 348 g/mol. The van der Waals surface area contributed by atoms with Gasteiger partial charge >= 0.3 is 5.97 Å². The molecule has 1 aromatic carbocycles. The van der Waals surface area contributed by atoms with Crippen LogP contribution in [0.1, 0.15) is 53.8 Å². The number of carbonyl (C=O) groups excluding carboxylic acids is 4. The van der Waals surface area contributed by atoms with Gasteiger partial charge in [-0.15, -0.1) is 0 Å². The van der Waals surface area contributed by atoms with Crippen molar-refractivity contribution in [2.75, 3.05) is 26.7 Å². The summed E-state index contributed by atoms with van der Waals surface area (Å²) in [4.78, 5) is 51.6. The van der Waals surface area contributed by atoms with Gasteiger partial charge in [0, 0.05) is 26.1 Å². The van der Waals surface area contributed by atoms with E-state index in [0.717, 1.165) is 6.42 Å². The molecule has 0 aliphatic carbocycles. The lowest BCUT2D eigenvalue weighted by Gasteiger charge is -2.25. The maximum atomic E-state index is 12.5. The summed E-state index contributed by atoms with van der Waals surface area (Å²) in [6, 6.07) is 6.72. The standard InChI is InChI=1S/C20H26N2O5/c1-4-11-21(13-14(2)20(26)27-3)17(23)10-7-12-22-18(24)15-8-5-6-9-16(15)19(22)25/h5-6,8-9,14H,4,7,10-13H2,1-3H3. The molecule has 1 aromatic rings. The van der Waals surface area contributed by atoms with Crippen molar-refractivity contribution in [3.63, 3.8) is 0 Å². The smallest absolute Gasteiger partial charge is 0.310 e. The first-order valence-electron chi connectivity index (χ1n) is 9.21. The Balaban J connectivity index is 1.90. The Bertz CT molecular complexity index is 696. The highest BCUT2D eigenvalue weighted by atomic mass is 16.5. The molecule has 0 fully saturated rings. The number of carbonyl (C=O) groups is 4. The van der Waals surface area contributed by atoms with Gasteiger partial charge < -0.3 is 9.64 Å². The molecule has 27 heavy (non-hydrogen) atoms. The number of hydrogen-bond acceptors (Lipinski definition) is 5. The summed E-state index contributed by atoms with van der Waals surface area (Å²) in [6.45, 7) is 4.73. The van der Waals surface area contributed by atoms with E-state index in [9.17, 15) is 19.2 Å². The highest BCUT2D eigenvalue weighted by molar-refractivity contribution is 6.21. The molecular formula is C20H26N2O5. The van der Waals surface area contributed by atoms with E-state index in [4.69, 9.17) is 4.74 Å². The molecule has 1 aliphatic heterocycles. The van der Waals surface area contributed by atoms with Gasteiger partial charge in [-0.25, -0.2) is 0 Å². The van der Waals surface area contributed by atoms with E-state index in [-0.39, 0.29) is 36.7 Å². The van der Waals surface area contributed by atoms with Crippen molar-refractivity contribution in [3.8, 4) is 0 Å². The lowest BCUT2D eigenvalue weighted by molar-refractivity contribution is -0.146. The highest BCUT2D eigenvalue weighted by Crippen LogP contribution is 2.22. The SMILES string of the molecule is CCCN(CC(C)C(=O)OC)C(=O)CCCN1C(=O)c2ccccc2C1=O. The zero-order valence-electron chi connectivity index (χ0n) is 16.1. The molecule has 1 heterocycles. The van der Waals surface area contributed by atoms with Crippen molar-refractivity contribution < 1.29 is 23.9 Å². The summed E-state index contributed by atoms with van der Waals surface area (Å²) in [5, 5.41) is 0. The van der Waals surface area contributed by atoms with E-state index in [0.29, 0.717) is 30.6 Å². The maximum absolute atomic E-state index is 12.5. The van der Waals surface area contributed by atoms with E-state index >= 15 is 0 Å². The normalized spacial score (nSPS) is 14.1. The van der Waals surface area contributed by atoms with Crippen molar-refractivity contribution in [1.82, 2.24) is 9.80 Å². The molecule has 2 rings (SSSR count). The Labute approximate surface area is 159 Å². The molecule has 7 nitrogen and oxygen atoms in total. The number of methoxy groups -OCH3 is 1. The third-order valence-electron chi connectivity index (χ3n) is 4.59. The van der Waals surface area contributed by atoms with Crippen LogP contribution in [-0.4, -0.2) is 60.2 Å². The van der Waals surface area contributed by atoms with Crippen LogP contribution in [0.5, 0.6) is 0 Å². The average molecular weight is 374 g/mol. The third kappa shape index (κ3) is 4.72. The fraction of sp³-hybridized carbons (Fsp3) is 0.500. The van der Waals surface area contributed by atoms with E-state index in [2.05, 4.69) is 0 Å². The second-order valence-electron chi connectivity index (χ2n) is 6.68. The van der Waals surface area contributed by atoms with E-state index in [1.807, 2.05) is 6.92 Å². The molecule has 0 aromatic heterocycles. The van der Waals surface area contributed by atoms with Crippen molar-refractivity contribution in [2.24, 2.45) is 5.92 Å². The first kappa shape index (κ1) is 20.6. The molecule has 3 amide bonds. The maximum Gasteiger partial charge on any atom is 0.310 e. The van der Waals surface area contributed by atoms with E-state index in [1.54, 1.807) is 36.1 Å². The molecule has 0 bridgehead atoms. The van der Waals surface area contributed by atoms with Crippen LogP contribution in [0.15, 0.2) is 24.3 Å². The van der Waals surface area contributed by atoms with Gasteiger partial charge in [0.1, 0.15) is 0 Å². The second-order valence-corrected chi connectivity index (χ2v) is 6.68. The minimum atomic E-state index is -0.401. The molecule has 0 saturated carbocycles. The van der Waals surface area contributed by atoms with Crippen LogP contribution in [0.3, 0.4) is 0 Å². The first-order valence-corrected chi connectivity index (χ1v) is 9.21. The van der Waals surface area contributed by atoms with Crippen molar-refractivity contribution in [3.05, 3.63) is 35.4 Å². The summed E-state index contributed by atoms with van der Waals surface area (Å²) in [5.41, 5.74) is 0.821. The van der Waals surface area contributed by atoms with Crippen molar-refractivity contribution in [1.29, 1.82) is 0 Å². The third-order valence-corrected chi connectivity index (χ3v) is 4.59. The Morgan fingerprint density at radius 1 is 1.15 bits per heavy atom. The Morgan fingerprint density at radius 2 is 1.74 bits per heavy atom. The van der Waals surface area contributed by atoms with Crippen LogP contribution in [0.2, 0.25) is 0 Å². The van der Waals surface area contributed by atoms with Gasteiger partial charge in [-0.1, -0.05) is 26.0 Å². The van der Waals surface area contributed by atoms with E-state index in [1.165, 1.54) is 12.0 Å². The molecule has 0 radical (unpaired) electrons. The molecule has 1 atom stereocenters. The summed E-state index contributed by atoms with van der Waals surface area (Å²) in [5.74, 6) is -1.47. The molecule has 0 N–H and O–H groups in total. The quantitative estimate of drug-likeness (QED) is 0.488. The fourth-order valence-corrected chi connectivity index (χ4v) is 3.18. The second kappa shape index (κ2) is 9.30. The number of ether oxygens (including phenoxy) is 1. The fourth-order valence-electron chi connectivity index (χ4n) is 3.18. The number of nitrogens with zero attached hydrogens (tertiary/aromatic N) is 2. The first-order chi connectivity index (χ1) is 12.9.